The molecule has 0 aliphatic carbocycles. The molecule has 0 bridgehead atoms. The average molecular weight is 306 g/mol. The Morgan fingerprint density at radius 1 is 1.24 bits per heavy atom. The molecule has 114 valence electrons. The maximum atomic E-state index is 14.0. The number of hydrogen-bond acceptors (Lipinski definition) is 3. The smallest absolute Gasteiger partial charge is 0.127 e. The highest BCUT2D eigenvalue weighted by Gasteiger charge is 2.21. The van der Waals surface area contributed by atoms with Gasteiger partial charge in [0.25, 0.3) is 0 Å². The van der Waals surface area contributed by atoms with Gasteiger partial charge in [-0.1, -0.05) is 31.2 Å². The molecule has 0 fully saturated rings. The minimum Gasteiger partial charge on any atom is -0.313 e. The second kappa shape index (κ2) is 7.69. The predicted octanol–water partition coefficient (Wildman–Crippen LogP) is 3.92. The summed E-state index contributed by atoms with van der Waals surface area (Å²) in [6, 6.07) is 11.3. The van der Waals surface area contributed by atoms with Gasteiger partial charge in [-0.2, -0.15) is 0 Å². The number of nitrogens with one attached hydrogen (secondary N) is 1. The van der Waals surface area contributed by atoms with E-state index in [1.54, 1.807) is 17.4 Å². The van der Waals surface area contributed by atoms with Crippen LogP contribution >= 0.6 is 11.3 Å². The van der Waals surface area contributed by atoms with Crippen LogP contribution in [0.5, 0.6) is 0 Å². The van der Waals surface area contributed by atoms with Crippen LogP contribution in [0.3, 0.4) is 0 Å². The molecular weight excluding hydrogens is 283 g/mol. The first kappa shape index (κ1) is 16.1. The van der Waals surface area contributed by atoms with Gasteiger partial charge in [-0.05, 0) is 37.5 Å². The number of halogens is 1. The zero-order chi connectivity index (χ0) is 15.2. The third-order valence-corrected chi connectivity index (χ3v) is 4.59. The zero-order valence-electron chi connectivity index (χ0n) is 12.8. The highest BCUT2D eigenvalue weighted by molar-refractivity contribution is 7.09. The largest absolute Gasteiger partial charge is 0.313 e. The molecular formula is C17H23FN2S. The fourth-order valence-corrected chi connectivity index (χ4v) is 3.59. The summed E-state index contributed by atoms with van der Waals surface area (Å²) in [4.78, 5) is 3.65. The van der Waals surface area contributed by atoms with E-state index in [2.05, 4.69) is 41.7 Å². The van der Waals surface area contributed by atoms with E-state index in [1.165, 1.54) is 10.9 Å². The molecule has 1 heterocycles. The van der Waals surface area contributed by atoms with E-state index in [1.807, 2.05) is 19.2 Å². The third-order valence-electron chi connectivity index (χ3n) is 3.73. The Morgan fingerprint density at radius 3 is 2.62 bits per heavy atom. The molecule has 0 spiro atoms. The molecule has 0 amide bonds. The first-order valence-corrected chi connectivity index (χ1v) is 8.12. The summed E-state index contributed by atoms with van der Waals surface area (Å²) in [5.41, 5.74) is 0.747. The second-order valence-corrected chi connectivity index (χ2v) is 6.57. The lowest BCUT2D eigenvalue weighted by atomic mass is 9.93. The van der Waals surface area contributed by atoms with Crippen molar-refractivity contribution in [2.24, 2.45) is 5.92 Å². The van der Waals surface area contributed by atoms with Gasteiger partial charge in [-0.25, -0.2) is 4.39 Å². The van der Waals surface area contributed by atoms with Gasteiger partial charge in [0.05, 0.1) is 0 Å². The predicted molar refractivity (Wildman–Crippen MR) is 88.0 cm³/mol. The standard InChI is InChI=1S/C17H23FN2S/c1-13(11-20(3)12-14-7-6-10-21-14)17(19-2)15-8-4-5-9-16(15)18/h4-10,13,17,19H,11-12H2,1-3H3. The van der Waals surface area contributed by atoms with Crippen LogP contribution in [0.2, 0.25) is 0 Å². The summed E-state index contributed by atoms with van der Waals surface area (Å²) < 4.78 is 14.0. The first-order chi connectivity index (χ1) is 10.1. The van der Waals surface area contributed by atoms with E-state index in [9.17, 15) is 4.39 Å². The van der Waals surface area contributed by atoms with Crippen molar-refractivity contribution in [1.29, 1.82) is 0 Å². The fraction of sp³-hybridized carbons (Fsp3) is 0.412. The first-order valence-electron chi connectivity index (χ1n) is 7.24. The van der Waals surface area contributed by atoms with E-state index in [0.29, 0.717) is 5.92 Å². The molecule has 2 unspecified atom stereocenters. The molecule has 1 aromatic carbocycles. The van der Waals surface area contributed by atoms with Crippen LogP contribution in [-0.2, 0) is 6.54 Å². The normalized spacial score (nSPS) is 14.3. The van der Waals surface area contributed by atoms with Crippen molar-refractivity contribution in [2.75, 3.05) is 20.6 Å². The lowest BCUT2D eigenvalue weighted by Crippen LogP contribution is -2.32. The Morgan fingerprint density at radius 2 is 2.00 bits per heavy atom. The molecule has 4 heteroatoms. The molecule has 0 aliphatic rings. The van der Waals surface area contributed by atoms with Gasteiger partial charge in [-0.3, -0.25) is 0 Å². The van der Waals surface area contributed by atoms with E-state index < -0.39 is 0 Å². The molecule has 2 aromatic rings. The van der Waals surface area contributed by atoms with E-state index in [4.69, 9.17) is 0 Å². The quantitative estimate of drug-likeness (QED) is 0.834. The average Bonchev–Trinajstić information content (AvgIpc) is 2.94. The minimum absolute atomic E-state index is 0.0250. The van der Waals surface area contributed by atoms with Crippen LogP contribution in [0.25, 0.3) is 0 Å². The van der Waals surface area contributed by atoms with Crippen molar-refractivity contribution in [3.8, 4) is 0 Å². The molecule has 2 nitrogen and oxygen atoms in total. The molecule has 0 saturated carbocycles. The van der Waals surface area contributed by atoms with Crippen molar-refractivity contribution in [2.45, 2.75) is 19.5 Å². The van der Waals surface area contributed by atoms with E-state index >= 15 is 0 Å². The maximum absolute atomic E-state index is 14.0. The van der Waals surface area contributed by atoms with Crippen LogP contribution in [0.1, 0.15) is 23.4 Å². The van der Waals surface area contributed by atoms with E-state index in [0.717, 1.165) is 18.7 Å². The van der Waals surface area contributed by atoms with Gasteiger partial charge in [0.15, 0.2) is 0 Å². The topological polar surface area (TPSA) is 15.3 Å². The number of thiophene rings is 1. The number of hydrogen-bond donors (Lipinski definition) is 1. The molecule has 1 aromatic heterocycles. The van der Waals surface area contributed by atoms with Crippen molar-refractivity contribution >= 4 is 11.3 Å². The summed E-state index contributed by atoms with van der Waals surface area (Å²) in [5, 5.41) is 5.36. The zero-order valence-corrected chi connectivity index (χ0v) is 13.7. The van der Waals surface area contributed by atoms with Gasteiger partial charge in [0, 0.05) is 29.6 Å². The number of benzene rings is 1. The Hall–Kier alpha value is -1.23. The Bertz CT molecular complexity index is 541. The highest BCUT2D eigenvalue weighted by atomic mass is 32.1. The third kappa shape index (κ3) is 4.37. The van der Waals surface area contributed by atoms with Crippen LogP contribution in [-0.4, -0.2) is 25.5 Å². The highest BCUT2D eigenvalue weighted by Crippen LogP contribution is 2.25. The lowest BCUT2D eigenvalue weighted by molar-refractivity contribution is 0.245. The van der Waals surface area contributed by atoms with Gasteiger partial charge in [-0.15, -0.1) is 11.3 Å². The lowest BCUT2D eigenvalue weighted by Gasteiger charge is -2.28. The minimum atomic E-state index is -0.135. The summed E-state index contributed by atoms with van der Waals surface area (Å²) in [5.74, 6) is 0.182. The maximum Gasteiger partial charge on any atom is 0.127 e. The molecule has 21 heavy (non-hydrogen) atoms. The van der Waals surface area contributed by atoms with Gasteiger partial charge in [0.2, 0.25) is 0 Å². The fourth-order valence-electron chi connectivity index (χ4n) is 2.80. The monoisotopic (exact) mass is 306 g/mol. The van der Waals surface area contributed by atoms with Crippen LogP contribution in [0, 0.1) is 11.7 Å². The van der Waals surface area contributed by atoms with Crippen molar-refractivity contribution in [3.63, 3.8) is 0 Å². The number of nitrogens with zero attached hydrogens (tertiary/aromatic N) is 1. The molecule has 0 radical (unpaired) electrons. The summed E-state index contributed by atoms with van der Waals surface area (Å²) in [7, 11) is 4.01. The number of rotatable bonds is 7. The van der Waals surface area contributed by atoms with Gasteiger partial charge >= 0.3 is 0 Å². The van der Waals surface area contributed by atoms with Crippen molar-refractivity contribution in [3.05, 3.63) is 58.0 Å². The van der Waals surface area contributed by atoms with Gasteiger partial charge < -0.3 is 10.2 Å². The van der Waals surface area contributed by atoms with E-state index in [-0.39, 0.29) is 11.9 Å². The summed E-state index contributed by atoms with van der Waals surface area (Å²) in [6.07, 6.45) is 0. The van der Waals surface area contributed by atoms with Crippen LogP contribution in [0.4, 0.5) is 4.39 Å². The Balaban J connectivity index is 2.00. The SMILES string of the molecule is CNC(c1ccccc1F)C(C)CN(C)Cc1cccs1. The summed E-state index contributed by atoms with van der Waals surface area (Å²) >= 11 is 1.77. The molecule has 0 aliphatic heterocycles. The molecule has 1 N–H and O–H groups in total. The van der Waals surface area contributed by atoms with Crippen LogP contribution in [0.15, 0.2) is 41.8 Å². The van der Waals surface area contributed by atoms with Crippen LogP contribution < -0.4 is 5.32 Å². The second-order valence-electron chi connectivity index (χ2n) is 5.54. The van der Waals surface area contributed by atoms with Crippen molar-refractivity contribution < 1.29 is 4.39 Å². The van der Waals surface area contributed by atoms with Crippen molar-refractivity contribution in [1.82, 2.24) is 10.2 Å². The molecule has 2 atom stereocenters. The van der Waals surface area contributed by atoms with Gasteiger partial charge in [0.1, 0.15) is 5.82 Å². The molecule has 2 rings (SSSR count). The molecule has 0 saturated heterocycles. The Labute approximate surface area is 130 Å². The summed E-state index contributed by atoms with van der Waals surface area (Å²) in [6.45, 7) is 4.02. The Kier molecular flexibility index (Phi) is 5.91.